The van der Waals surface area contributed by atoms with Crippen LogP contribution in [-0.2, 0) is 11.3 Å². The number of rotatable bonds is 8. The van der Waals surface area contributed by atoms with Crippen molar-refractivity contribution in [1.29, 1.82) is 0 Å². The lowest BCUT2D eigenvalue weighted by Gasteiger charge is -2.32. The van der Waals surface area contributed by atoms with Crippen molar-refractivity contribution in [2.45, 2.75) is 39.3 Å². The normalized spacial score (nSPS) is 14.5. The maximum atomic E-state index is 12.7. The van der Waals surface area contributed by atoms with Gasteiger partial charge in [-0.3, -0.25) is 14.5 Å². The van der Waals surface area contributed by atoms with Gasteiger partial charge in [-0.25, -0.2) is 0 Å². The van der Waals surface area contributed by atoms with Crippen LogP contribution in [0.4, 0.5) is 5.69 Å². The molecule has 1 fully saturated rings. The number of likely N-dealkylation sites (tertiary alicyclic amines) is 1. The van der Waals surface area contributed by atoms with Gasteiger partial charge in [0.1, 0.15) is 17.6 Å². The summed E-state index contributed by atoms with van der Waals surface area (Å²) in [7, 11) is 0. The highest BCUT2D eigenvalue weighted by Gasteiger charge is 2.23. The SMILES string of the molecule is Cc1ccc(C)c(OC2CCN(CC(=O)Nc3ccccc3C(=O)NCc3ccco3)CC2)c1. The van der Waals surface area contributed by atoms with Crippen molar-refractivity contribution < 1.29 is 18.7 Å². The molecule has 178 valence electrons. The van der Waals surface area contributed by atoms with Gasteiger partial charge in [0.05, 0.1) is 30.6 Å². The summed E-state index contributed by atoms with van der Waals surface area (Å²) in [4.78, 5) is 27.5. The number of carbonyl (C=O) groups excluding carboxylic acids is 2. The molecular formula is C27H31N3O4. The topological polar surface area (TPSA) is 83.8 Å². The van der Waals surface area contributed by atoms with Crippen LogP contribution in [0.1, 0.15) is 40.1 Å². The largest absolute Gasteiger partial charge is 0.490 e. The first-order chi connectivity index (χ1) is 16.5. The van der Waals surface area contributed by atoms with Crippen LogP contribution in [-0.4, -0.2) is 42.5 Å². The van der Waals surface area contributed by atoms with E-state index in [4.69, 9.17) is 9.15 Å². The fourth-order valence-electron chi connectivity index (χ4n) is 4.06. The van der Waals surface area contributed by atoms with Crippen LogP contribution < -0.4 is 15.4 Å². The van der Waals surface area contributed by atoms with Crippen molar-refractivity contribution in [2.24, 2.45) is 0 Å². The van der Waals surface area contributed by atoms with E-state index in [0.29, 0.717) is 17.0 Å². The summed E-state index contributed by atoms with van der Waals surface area (Å²) in [6.45, 7) is 6.26. The Labute approximate surface area is 200 Å². The molecule has 0 aliphatic carbocycles. The molecule has 0 saturated carbocycles. The second kappa shape index (κ2) is 11.0. The number of anilines is 1. The Hall–Kier alpha value is -3.58. The second-order valence-electron chi connectivity index (χ2n) is 8.72. The van der Waals surface area contributed by atoms with Gasteiger partial charge in [0.25, 0.3) is 5.91 Å². The Morgan fingerprint density at radius 3 is 2.62 bits per heavy atom. The van der Waals surface area contributed by atoms with Gasteiger partial charge in [-0.1, -0.05) is 24.3 Å². The molecule has 3 aromatic rings. The number of ether oxygens (including phenoxy) is 1. The molecule has 34 heavy (non-hydrogen) atoms. The summed E-state index contributed by atoms with van der Waals surface area (Å²) in [5, 5.41) is 5.72. The number of hydrogen-bond donors (Lipinski definition) is 2. The molecule has 0 spiro atoms. The van der Waals surface area contributed by atoms with E-state index in [9.17, 15) is 9.59 Å². The summed E-state index contributed by atoms with van der Waals surface area (Å²) in [6, 6.07) is 16.8. The molecule has 1 aliphatic rings. The number of amides is 2. The zero-order valence-electron chi connectivity index (χ0n) is 19.7. The van der Waals surface area contributed by atoms with Gasteiger partial charge >= 0.3 is 0 Å². The standard InChI is InChI=1S/C27H31N3O4/c1-19-9-10-20(2)25(16-19)34-21-11-13-30(14-12-21)18-26(31)29-24-8-4-3-7-23(24)27(32)28-17-22-6-5-15-33-22/h3-10,15-16,21H,11-14,17-18H2,1-2H3,(H,28,32)(H,29,31). The van der Waals surface area contributed by atoms with Crippen LogP contribution in [0.3, 0.4) is 0 Å². The monoisotopic (exact) mass is 461 g/mol. The van der Waals surface area contributed by atoms with Crippen molar-refractivity contribution in [3.63, 3.8) is 0 Å². The van der Waals surface area contributed by atoms with E-state index < -0.39 is 0 Å². The molecule has 7 nitrogen and oxygen atoms in total. The molecule has 0 radical (unpaired) electrons. The number of hydrogen-bond acceptors (Lipinski definition) is 5. The predicted octanol–water partition coefficient (Wildman–Crippen LogP) is 4.31. The third-order valence-electron chi connectivity index (χ3n) is 5.99. The van der Waals surface area contributed by atoms with Crippen molar-refractivity contribution >= 4 is 17.5 Å². The highest BCUT2D eigenvalue weighted by Crippen LogP contribution is 2.24. The van der Waals surface area contributed by atoms with Crippen molar-refractivity contribution in [3.8, 4) is 5.75 Å². The Bertz CT molecular complexity index is 1120. The summed E-state index contributed by atoms with van der Waals surface area (Å²) in [5.41, 5.74) is 3.24. The Balaban J connectivity index is 1.27. The van der Waals surface area contributed by atoms with E-state index in [1.165, 1.54) is 5.56 Å². The minimum atomic E-state index is -0.267. The second-order valence-corrected chi connectivity index (χ2v) is 8.72. The average molecular weight is 462 g/mol. The lowest BCUT2D eigenvalue weighted by molar-refractivity contribution is -0.117. The van der Waals surface area contributed by atoms with Crippen LogP contribution in [0.2, 0.25) is 0 Å². The molecule has 2 heterocycles. The predicted molar refractivity (Wildman–Crippen MR) is 131 cm³/mol. The van der Waals surface area contributed by atoms with Crippen molar-refractivity contribution in [3.05, 3.63) is 83.3 Å². The molecule has 2 amide bonds. The van der Waals surface area contributed by atoms with Gasteiger partial charge in [0.15, 0.2) is 0 Å². The first-order valence-corrected chi connectivity index (χ1v) is 11.6. The van der Waals surface area contributed by atoms with Crippen molar-refractivity contribution in [1.82, 2.24) is 10.2 Å². The maximum Gasteiger partial charge on any atom is 0.253 e. The molecule has 7 heteroatoms. The number of carbonyl (C=O) groups is 2. The van der Waals surface area contributed by atoms with Crippen LogP contribution in [0, 0.1) is 13.8 Å². The van der Waals surface area contributed by atoms with E-state index in [-0.39, 0.29) is 31.0 Å². The maximum absolute atomic E-state index is 12.7. The van der Waals surface area contributed by atoms with Gasteiger partial charge in [-0.05, 0) is 68.1 Å². The summed E-state index contributed by atoms with van der Waals surface area (Å²) in [5.74, 6) is 1.20. The number of nitrogens with one attached hydrogen (secondary N) is 2. The minimum Gasteiger partial charge on any atom is -0.490 e. The Kier molecular flexibility index (Phi) is 7.65. The fraction of sp³-hybridized carbons (Fsp3) is 0.333. The first-order valence-electron chi connectivity index (χ1n) is 11.6. The van der Waals surface area contributed by atoms with Gasteiger partial charge < -0.3 is 19.8 Å². The van der Waals surface area contributed by atoms with Crippen LogP contribution in [0.25, 0.3) is 0 Å². The average Bonchev–Trinajstić information content (AvgIpc) is 3.35. The van der Waals surface area contributed by atoms with E-state index in [1.54, 1.807) is 42.7 Å². The summed E-state index contributed by atoms with van der Waals surface area (Å²) >= 11 is 0. The zero-order chi connectivity index (χ0) is 23.9. The van der Waals surface area contributed by atoms with Gasteiger partial charge in [0, 0.05) is 13.1 Å². The van der Waals surface area contributed by atoms with Crippen LogP contribution in [0.5, 0.6) is 5.75 Å². The first kappa shape index (κ1) is 23.6. The number of benzene rings is 2. The van der Waals surface area contributed by atoms with Gasteiger partial charge in [-0.2, -0.15) is 0 Å². The van der Waals surface area contributed by atoms with Crippen molar-refractivity contribution in [2.75, 3.05) is 25.0 Å². The molecule has 2 N–H and O–H groups in total. The smallest absolute Gasteiger partial charge is 0.253 e. The zero-order valence-corrected chi connectivity index (χ0v) is 19.7. The molecule has 0 unspecified atom stereocenters. The molecule has 1 aliphatic heterocycles. The molecule has 0 bridgehead atoms. The van der Waals surface area contributed by atoms with E-state index in [1.807, 2.05) is 0 Å². The quantitative estimate of drug-likeness (QED) is 0.522. The number of para-hydroxylation sites is 1. The highest BCUT2D eigenvalue weighted by atomic mass is 16.5. The van der Waals surface area contributed by atoms with E-state index in [0.717, 1.165) is 37.2 Å². The minimum absolute atomic E-state index is 0.139. The molecule has 1 aromatic heterocycles. The fourth-order valence-corrected chi connectivity index (χ4v) is 4.06. The van der Waals surface area contributed by atoms with E-state index >= 15 is 0 Å². The van der Waals surface area contributed by atoms with Crippen LogP contribution >= 0.6 is 0 Å². The molecule has 2 aromatic carbocycles. The van der Waals surface area contributed by atoms with Gasteiger partial charge in [0.2, 0.25) is 5.91 Å². The highest BCUT2D eigenvalue weighted by molar-refractivity contribution is 6.04. The third-order valence-corrected chi connectivity index (χ3v) is 5.99. The molecular weight excluding hydrogens is 430 g/mol. The Morgan fingerprint density at radius 2 is 1.85 bits per heavy atom. The van der Waals surface area contributed by atoms with Crippen LogP contribution in [0.15, 0.2) is 65.3 Å². The Morgan fingerprint density at radius 1 is 1.06 bits per heavy atom. The molecule has 1 saturated heterocycles. The number of piperidine rings is 1. The molecule has 0 atom stereocenters. The number of aryl methyl sites for hydroxylation is 2. The third kappa shape index (κ3) is 6.26. The summed E-state index contributed by atoms with van der Waals surface area (Å²) in [6.07, 6.45) is 3.45. The molecule has 4 rings (SSSR count). The summed E-state index contributed by atoms with van der Waals surface area (Å²) < 4.78 is 11.5. The lowest BCUT2D eigenvalue weighted by atomic mass is 10.1. The van der Waals surface area contributed by atoms with E-state index in [2.05, 4.69) is 47.6 Å². The van der Waals surface area contributed by atoms with Gasteiger partial charge in [-0.15, -0.1) is 0 Å². The number of nitrogens with zero attached hydrogens (tertiary/aromatic N) is 1. The lowest BCUT2D eigenvalue weighted by Crippen LogP contribution is -2.42. The number of furan rings is 1.